The maximum absolute atomic E-state index is 14.3. The van der Waals surface area contributed by atoms with Crippen LogP contribution in [0.1, 0.15) is 94.4 Å². The van der Waals surface area contributed by atoms with Crippen LogP contribution in [0, 0.1) is 11.7 Å². The number of carboxylic acid groups (broad SMARTS) is 1. The summed E-state index contributed by atoms with van der Waals surface area (Å²) in [4.78, 5) is 21.4. The van der Waals surface area contributed by atoms with Crippen molar-refractivity contribution in [1.82, 2.24) is 19.2 Å². The molecule has 1 N–H and O–H groups in total. The third kappa shape index (κ3) is 5.80. The number of benzene rings is 1. The van der Waals surface area contributed by atoms with E-state index in [0.717, 1.165) is 69.6 Å². The van der Waals surface area contributed by atoms with E-state index in [0.29, 0.717) is 18.3 Å². The van der Waals surface area contributed by atoms with Gasteiger partial charge in [-0.05, 0) is 98.3 Å². The van der Waals surface area contributed by atoms with E-state index < -0.39 is 5.97 Å². The van der Waals surface area contributed by atoms with Gasteiger partial charge in [0.2, 0.25) is 0 Å². The molecule has 7 heteroatoms. The van der Waals surface area contributed by atoms with Crippen molar-refractivity contribution in [1.29, 1.82) is 0 Å². The lowest BCUT2D eigenvalue weighted by Gasteiger charge is -2.49. The van der Waals surface area contributed by atoms with Gasteiger partial charge < -0.3 is 14.4 Å². The first-order valence-electron chi connectivity index (χ1n) is 15.5. The van der Waals surface area contributed by atoms with Gasteiger partial charge in [-0.25, -0.2) is 9.37 Å². The first-order chi connectivity index (χ1) is 19.6. The van der Waals surface area contributed by atoms with Crippen LogP contribution in [0.25, 0.3) is 5.65 Å². The predicted molar refractivity (Wildman–Crippen MR) is 160 cm³/mol. The van der Waals surface area contributed by atoms with Gasteiger partial charge >= 0.3 is 5.97 Å². The largest absolute Gasteiger partial charge is 0.481 e. The van der Waals surface area contributed by atoms with E-state index in [1.165, 1.54) is 23.7 Å². The Balaban J connectivity index is 1.14. The molecule has 1 aliphatic carbocycles. The molecule has 2 saturated heterocycles. The molecule has 2 aliphatic heterocycles. The molecule has 6 nitrogen and oxygen atoms in total. The minimum atomic E-state index is -0.711. The Bertz CT molecular complexity index is 1380. The number of carbonyl (C=O) groups is 1. The normalized spacial score (nSPS) is 24.1. The van der Waals surface area contributed by atoms with Gasteiger partial charge in [0.1, 0.15) is 11.5 Å². The van der Waals surface area contributed by atoms with Crippen LogP contribution in [0.3, 0.4) is 0 Å². The van der Waals surface area contributed by atoms with Gasteiger partial charge in [-0.2, -0.15) is 0 Å². The summed E-state index contributed by atoms with van der Waals surface area (Å²) in [5, 5.41) is 9.39. The molecule has 0 bridgehead atoms. The summed E-state index contributed by atoms with van der Waals surface area (Å²) in [6.45, 7) is 11.7. The number of piperidine rings is 1. The first kappa shape index (κ1) is 28.4. The van der Waals surface area contributed by atoms with Crippen LogP contribution in [0.4, 0.5) is 4.39 Å². The summed E-state index contributed by atoms with van der Waals surface area (Å²) in [7, 11) is 0. The highest BCUT2D eigenvalue weighted by molar-refractivity contribution is 5.66. The van der Waals surface area contributed by atoms with Crippen molar-refractivity contribution in [3.63, 3.8) is 0 Å². The van der Waals surface area contributed by atoms with Gasteiger partial charge in [0.05, 0.1) is 0 Å². The third-order valence-corrected chi connectivity index (χ3v) is 10.4. The van der Waals surface area contributed by atoms with Crippen molar-refractivity contribution >= 4 is 11.6 Å². The average molecular weight is 561 g/mol. The fraction of sp³-hybridized carbons (Fsp3) is 0.588. The second kappa shape index (κ2) is 11.1. The number of pyridine rings is 1. The van der Waals surface area contributed by atoms with Crippen LogP contribution >= 0.6 is 0 Å². The van der Waals surface area contributed by atoms with Gasteiger partial charge in [-0.1, -0.05) is 32.9 Å². The number of rotatable bonds is 8. The van der Waals surface area contributed by atoms with Crippen LogP contribution < -0.4 is 0 Å². The number of imidazole rings is 1. The number of aliphatic carboxylic acids is 1. The topological polar surface area (TPSA) is 61.1 Å². The highest BCUT2D eigenvalue weighted by atomic mass is 19.1. The molecule has 1 aromatic carbocycles. The van der Waals surface area contributed by atoms with Gasteiger partial charge in [-0.3, -0.25) is 9.69 Å². The fourth-order valence-electron chi connectivity index (χ4n) is 7.72. The Morgan fingerprint density at radius 1 is 1.12 bits per heavy atom. The van der Waals surface area contributed by atoms with Gasteiger partial charge in [0.15, 0.2) is 0 Å². The van der Waals surface area contributed by atoms with Crippen LogP contribution in [0.15, 0.2) is 48.8 Å². The van der Waals surface area contributed by atoms with Crippen molar-refractivity contribution in [3.8, 4) is 0 Å². The van der Waals surface area contributed by atoms with E-state index in [1.807, 2.05) is 6.07 Å². The number of aromatic nitrogens is 2. The molecule has 3 fully saturated rings. The number of nitrogens with zero attached hydrogens (tertiary/aromatic N) is 4. The van der Waals surface area contributed by atoms with Crippen molar-refractivity contribution in [2.45, 2.75) is 88.5 Å². The molecule has 3 aromatic rings. The van der Waals surface area contributed by atoms with Crippen LogP contribution in [0.5, 0.6) is 0 Å². The summed E-state index contributed by atoms with van der Waals surface area (Å²) in [5.74, 6) is 0.281. The molecule has 2 atom stereocenters. The SMILES string of the molecule is CC(C)(C)c1ccn2c(C3CCN(CC4CN(C5(CCC(=O)O)CCC5)CC4c4cccc(F)c4)CC3)cnc2c1. The summed E-state index contributed by atoms with van der Waals surface area (Å²) < 4.78 is 16.6. The number of likely N-dealkylation sites (tertiary alicyclic amines) is 2. The summed E-state index contributed by atoms with van der Waals surface area (Å²) >= 11 is 0. The van der Waals surface area contributed by atoms with E-state index in [1.54, 1.807) is 6.07 Å². The van der Waals surface area contributed by atoms with Crippen LogP contribution in [0.2, 0.25) is 0 Å². The standard InChI is InChI=1S/C34H45FN4O2/c1-33(2,3)27-11-17-39-30(20-36-31(39)19-27)24-9-15-37(16-10-24)21-26-22-38(34(12-5-13-34)14-8-32(40)41)23-29(26)25-6-4-7-28(35)18-25/h4,6-7,11,17-20,24,26,29H,5,8-10,12-16,21-23H2,1-3H3,(H,40,41). The Morgan fingerprint density at radius 3 is 2.56 bits per heavy atom. The first-order valence-corrected chi connectivity index (χ1v) is 15.5. The Labute approximate surface area is 243 Å². The molecule has 0 amide bonds. The van der Waals surface area contributed by atoms with Crippen molar-refractivity contribution in [3.05, 3.63) is 71.4 Å². The molecule has 1 saturated carbocycles. The lowest BCUT2D eigenvalue weighted by atomic mass is 9.72. The number of hydrogen-bond donors (Lipinski definition) is 1. The highest BCUT2D eigenvalue weighted by Crippen LogP contribution is 2.47. The van der Waals surface area contributed by atoms with Crippen LogP contribution in [-0.2, 0) is 10.2 Å². The molecular formula is C34H45FN4O2. The molecule has 6 rings (SSSR count). The fourth-order valence-corrected chi connectivity index (χ4v) is 7.72. The van der Waals surface area contributed by atoms with Gasteiger partial charge in [-0.15, -0.1) is 0 Å². The molecule has 2 aromatic heterocycles. The lowest BCUT2D eigenvalue weighted by molar-refractivity contribution is -0.138. The third-order valence-electron chi connectivity index (χ3n) is 10.4. The molecule has 3 aliphatic rings. The van der Waals surface area contributed by atoms with E-state index in [9.17, 15) is 14.3 Å². The molecular weight excluding hydrogens is 515 g/mol. The highest BCUT2D eigenvalue weighted by Gasteiger charge is 2.48. The summed E-state index contributed by atoms with van der Waals surface area (Å²) in [6, 6.07) is 11.6. The van der Waals surface area contributed by atoms with E-state index in [2.05, 4.69) is 65.6 Å². The maximum Gasteiger partial charge on any atom is 0.303 e. The minimum absolute atomic E-state index is 0.00161. The molecule has 2 unspecified atom stereocenters. The zero-order chi connectivity index (χ0) is 28.8. The predicted octanol–water partition coefficient (Wildman–Crippen LogP) is 6.45. The van der Waals surface area contributed by atoms with E-state index in [4.69, 9.17) is 4.98 Å². The van der Waals surface area contributed by atoms with Crippen molar-refractivity contribution < 1.29 is 14.3 Å². The zero-order valence-corrected chi connectivity index (χ0v) is 24.9. The van der Waals surface area contributed by atoms with Crippen molar-refractivity contribution in [2.75, 3.05) is 32.7 Å². The molecule has 0 spiro atoms. The Hall–Kier alpha value is -2.77. The van der Waals surface area contributed by atoms with Gasteiger partial charge in [0.25, 0.3) is 0 Å². The average Bonchev–Trinajstić information content (AvgIpc) is 3.52. The number of fused-ring (bicyclic) bond motifs is 1. The van der Waals surface area contributed by atoms with Crippen LogP contribution in [-0.4, -0.2) is 68.5 Å². The molecule has 41 heavy (non-hydrogen) atoms. The van der Waals surface area contributed by atoms with E-state index in [-0.39, 0.29) is 29.1 Å². The second-order valence-corrected chi connectivity index (χ2v) is 13.9. The summed E-state index contributed by atoms with van der Waals surface area (Å²) in [5.41, 5.74) is 4.85. The monoisotopic (exact) mass is 560 g/mol. The zero-order valence-electron chi connectivity index (χ0n) is 24.9. The Morgan fingerprint density at radius 2 is 1.90 bits per heavy atom. The number of hydrogen-bond acceptors (Lipinski definition) is 4. The number of carboxylic acids is 1. The molecule has 0 radical (unpaired) electrons. The van der Waals surface area contributed by atoms with E-state index >= 15 is 0 Å². The van der Waals surface area contributed by atoms with Crippen molar-refractivity contribution in [2.24, 2.45) is 5.92 Å². The molecule has 220 valence electrons. The number of halogens is 1. The summed E-state index contributed by atoms with van der Waals surface area (Å²) in [6.07, 6.45) is 10.7. The van der Waals surface area contributed by atoms with Gasteiger partial charge in [0, 0.05) is 61.5 Å². The second-order valence-electron chi connectivity index (χ2n) is 13.9. The quantitative estimate of drug-likeness (QED) is 0.343. The molecule has 4 heterocycles. The minimum Gasteiger partial charge on any atom is -0.481 e. The Kier molecular flexibility index (Phi) is 7.70. The lowest BCUT2D eigenvalue weighted by Crippen LogP contribution is -2.53. The maximum atomic E-state index is 14.3. The smallest absolute Gasteiger partial charge is 0.303 e.